The van der Waals surface area contributed by atoms with Gasteiger partial charge in [-0.3, -0.25) is 0 Å². The highest BCUT2D eigenvalue weighted by molar-refractivity contribution is 8.00. The van der Waals surface area contributed by atoms with Crippen molar-refractivity contribution in [1.29, 1.82) is 0 Å². The number of aliphatic hydroxyl groups excluding tert-OH is 2. The van der Waals surface area contributed by atoms with E-state index in [4.69, 9.17) is 5.11 Å². The molecule has 3 nitrogen and oxygen atoms in total. The molecule has 0 radical (unpaired) electrons. The molecule has 0 amide bonds. The molecular formula is C12H25NO2S. The summed E-state index contributed by atoms with van der Waals surface area (Å²) < 4.78 is 0. The first-order chi connectivity index (χ1) is 7.77. The molecule has 3 atom stereocenters. The van der Waals surface area contributed by atoms with Crippen molar-refractivity contribution in [3.8, 4) is 0 Å². The van der Waals surface area contributed by atoms with E-state index in [2.05, 4.69) is 12.2 Å². The number of aliphatic hydroxyl groups is 2. The van der Waals surface area contributed by atoms with Crippen molar-refractivity contribution < 1.29 is 10.2 Å². The Hall–Kier alpha value is 0.230. The standard InChI is InChI=1S/C12H25NO2S/c1-2-7-13-11-5-3-4-6-12(11)16-9-10(15)8-14/h10-15H,2-9H2,1H3. The maximum atomic E-state index is 9.36. The van der Waals surface area contributed by atoms with Crippen LogP contribution in [-0.4, -0.2) is 46.5 Å². The van der Waals surface area contributed by atoms with Gasteiger partial charge in [0.25, 0.3) is 0 Å². The fourth-order valence-corrected chi connectivity index (χ4v) is 3.52. The van der Waals surface area contributed by atoms with E-state index in [-0.39, 0.29) is 6.61 Å². The lowest BCUT2D eigenvalue weighted by molar-refractivity contribution is 0.113. The molecular weight excluding hydrogens is 222 g/mol. The summed E-state index contributed by atoms with van der Waals surface area (Å²) in [6, 6.07) is 0.601. The minimum absolute atomic E-state index is 0.118. The molecule has 0 saturated heterocycles. The van der Waals surface area contributed by atoms with E-state index in [0.717, 1.165) is 6.54 Å². The Morgan fingerprint density at radius 2 is 2.12 bits per heavy atom. The highest BCUT2D eigenvalue weighted by Gasteiger charge is 2.25. The molecule has 0 aliphatic heterocycles. The van der Waals surface area contributed by atoms with E-state index >= 15 is 0 Å². The van der Waals surface area contributed by atoms with E-state index in [1.54, 1.807) is 0 Å². The van der Waals surface area contributed by atoms with E-state index < -0.39 is 6.10 Å². The molecule has 3 unspecified atom stereocenters. The van der Waals surface area contributed by atoms with Crippen LogP contribution >= 0.6 is 11.8 Å². The van der Waals surface area contributed by atoms with Crippen LogP contribution in [0.2, 0.25) is 0 Å². The summed E-state index contributed by atoms with van der Waals surface area (Å²) in [6.07, 6.45) is 5.74. The Bertz CT molecular complexity index is 180. The van der Waals surface area contributed by atoms with Crippen molar-refractivity contribution in [2.24, 2.45) is 0 Å². The molecule has 1 rings (SSSR count). The van der Waals surface area contributed by atoms with E-state index in [0.29, 0.717) is 17.0 Å². The quantitative estimate of drug-likeness (QED) is 0.636. The zero-order valence-electron chi connectivity index (χ0n) is 10.2. The maximum Gasteiger partial charge on any atom is 0.0861 e. The molecule has 0 heterocycles. The lowest BCUT2D eigenvalue weighted by Crippen LogP contribution is -2.41. The van der Waals surface area contributed by atoms with E-state index in [9.17, 15) is 5.11 Å². The largest absolute Gasteiger partial charge is 0.394 e. The van der Waals surface area contributed by atoms with Crippen LogP contribution in [0.5, 0.6) is 0 Å². The Kier molecular flexibility index (Phi) is 7.45. The average Bonchev–Trinajstić information content (AvgIpc) is 2.34. The van der Waals surface area contributed by atoms with Crippen molar-refractivity contribution in [3.05, 3.63) is 0 Å². The topological polar surface area (TPSA) is 52.5 Å². The number of hydrogen-bond donors (Lipinski definition) is 3. The number of hydrogen-bond acceptors (Lipinski definition) is 4. The maximum absolute atomic E-state index is 9.36. The zero-order valence-corrected chi connectivity index (χ0v) is 11.0. The van der Waals surface area contributed by atoms with Gasteiger partial charge in [-0.2, -0.15) is 11.8 Å². The van der Waals surface area contributed by atoms with Crippen LogP contribution in [0, 0.1) is 0 Å². The highest BCUT2D eigenvalue weighted by Crippen LogP contribution is 2.29. The molecule has 3 N–H and O–H groups in total. The van der Waals surface area contributed by atoms with E-state index in [1.165, 1.54) is 32.1 Å². The van der Waals surface area contributed by atoms with Crippen LogP contribution in [0.3, 0.4) is 0 Å². The summed E-state index contributed by atoms with van der Waals surface area (Å²) in [5.74, 6) is 0.658. The van der Waals surface area contributed by atoms with Crippen LogP contribution < -0.4 is 5.32 Å². The van der Waals surface area contributed by atoms with Gasteiger partial charge < -0.3 is 15.5 Å². The minimum Gasteiger partial charge on any atom is -0.394 e. The fraction of sp³-hybridized carbons (Fsp3) is 1.00. The molecule has 0 bridgehead atoms. The summed E-state index contributed by atoms with van der Waals surface area (Å²) in [5.41, 5.74) is 0. The SMILES string of the molecule is CCCNC1CCCCC1SCC(O)CO. The van der Waals surface area contributed by atoms with Gasteiger partial charge in [0, 0.05) is 17.0 Å². The molecule has 16 heavy (non-hydrogen) atoms. The molecule has 0 aromatic carbocycles. The monoisotopic (exact) mass is 247 g/mol. The lowest BCUT2D eigenvalue weighted by atomic mass is 9.95. The molecule has 1 aliphatic rings. The van der Waals surface area contributed by atoms with Crippen molar-refractivity contribution in [1.82, 2.24) is 5.32 Å². The van der Waals surface area contributed by atoms with Gasteiger partial charge in [-0.15, -0.1) is 0 Å². The van der Waals surface area contributed by atoms with Crippen LogP contribution in [0.1, 0.15) is 39.0 Å². The molecule has 1 fully saturated rings. The van der Waals surface area contributed by atoms with Crippen LogP contribution in [0.15, 0.2) is 0 Å². The van der Waals surface area contributed by atoms with Gasteiger partial charge in [0.15, 0.2) is 0 Å². The molecule has 4 heteroatoms. The average molecular weight is 247 g/mol. The Labute approximate surface area is 103 Å². The summed E-state index contributed by atoms with van der Waals surface area (Å²) >= 11 is 1.82. The Morgan fingerprint density at radius 1 is 1.38 bits per heavy atom. The summed E-state index contributed by atoms with van der Waals surface area (Å²) in [4.78, 5) is 0. The number of rotatable bonds is 7. The Balaban J connectivity index is 2.28. The number of thioether (sulfide) groups is 1. The first-order valence-corrected chi connectivity index (χ1v) is 7.46. The van der Waals surface area contributed by atoms with Gasteiger partial charge in [-0.25, -0.2) is 0 Å². The molecule has 0 spiro atoms. The predicted molar refractivity (Wildman–Crippen MR) is 69.9 cm³/mol. The summed E-state index contributed by atoms with van der Waals surface area (Å²) in [7, 11) is 0. The molecule has 96 valence electrons. The second-order valence-corrected chi connectivity index (χ2v) is 5.83. The third-order valence-electron chi connectivity index (χ3n) is 3.07. The highest BCUT2D eigenvalue weighted by atomic mass is 32.2. The smallest absolute Gasteiger partial charge is 0.0861 e. The predicted octanol–water partition coefficient (Wildman–Crippen LogP) is 1.38. The van der Waals surface area contributed by atoms with Crippen molar-refractivity contribution in [2.45, 2.75) is 56.4 Å². The second kappa shape index (κ2) is 8.34. The van der Waals surface area contributed by atoms with Gasteiger partial charge in [0.1, 0.15) is 0 Å². The normalized spacial score (nSPS) is 27.9. The van der Waals surface area contributed by atoms with Gasteiger partial charge in [0.05, 0.1) is 12.7 Å². The third kappa shape index (κ3) is 5.04. The second-order valence-electron chi connectivity index (χ2n) is 4.55. The molecule has 1 aliphatic carbocycles. The summed E-state index contributed by atoms with van der Waals surface area (Å²) in [6.45, 7) is 3.16. The first-order valence-electron chi connectivity index (χ1n) is 6.41. The van der Waals surface area contributed by atoms with Gasteiger partial charge in [-0.1, -0.05) is 19.8 Å². The lowest BCUT2D eigenvalue weighted by Gasteiger charge is -2.32. The first kappa shape index (κ1) is 14.3. The molecule has 1 saturated carbocycles. The molecule has 0 aromatic heterocycles. The van der Waals surface area contributed by atoms with Crippen LogP contribution in [0.4, 0.5) is 0 Å². The van der Waals surface area contributed by atoms with Gasteiger partial charge in [-0.05, 0) is 25.8 Å². The Morgan fingerprint density at radius 3 is 2.81 bits per heavy atom. The fourth-order valence-electron chi connectivity index (χ4n) is 2.15. The van der Waals surface area contributed by atoms with Gasteiger partial charge >= 0.3 is 0 Å². The van der Waals surface area contributed by atoms with Crippen molar-refractivity contribution >= 4 is 11.8 Å². The van der Waals surface area contributed by atoms with Crippen molar-refractivity contribution in [3.63, 3.8) is 0 Å². The summed E-state index contributed by atoms with van der Waals surface area (Å²) in [5, 5.41) is 22.4. The van der Waals surface area contributed by atoms with Crippen molar-refractivity contribution in [2.75, 3.05) is 18.9 Å². The van der Waals surface area contributed by atoms with Crippen LogP contribution in [0.25, 0.3) is 0 Å². The number of nitrogens with one attached hydrogen (secondary N) is 1. The molecule has 0 aromatic rings. The van der Waals surface area contributed by atoms with Crippen LogP contribution in [-0.2, 0) is 0 Å². The van der Waals surface area contributed by atoms with Gasteiger partial charge in [0.2, 0.25) is 0 Å². The third-order valence-corrected chi connectivity index (χ3v) is 4.64. The minimum atomic E-state index is -0.557. The zero-order chi connectivity index (χ0) is 11.8. The van der Waals surface area contributed by atoms with E-state index in [1.807, 2.05) is 11.8 Å².